The van der Waals surface area contributed by atoms with Crippen LogP contribution in [0.2, 0.25) is 0 Å². The Morgan fingerprint density at radius 2 is 1.69 bits per heavy atom. The number of hydrogen-bond donors (Lipinski definition) is 0. The number of hydrogen-bond acceptors (Lipinski definition) is 3. The zero-order valence-electron chi connectivity index (χ0n) is 18.4. The molecule has 0 amide bonds. The Morgan fingerprint density at radius 3 is 2.56 bits per heavy atom. The lowest BCUT2D eigenvalue weighted by molar-refractivity contribution is 0.305. The highest BCUT2D eigenvalue weighted by Crippen LogP contribution is 2.33. The number of unbranched alkanes of at least 4 members (excludes halogenated alkanes) is 3. The predicted molar refractivity (Wildman–Crippen MR) is 132 cm³/mol. The highest BCUT2D eigenvalue weighted by Gasteiger charge is 2.13. The van der Waals surface area contributed by atoms with Gasteiger partial charge in [-0.3, -0.25) is 0 Å². The second-order valence-electron chi connectivity index (χ2n) is 8.17. The number of fused-ring (bicyclic) bond motifs is 2. The van der Waals surface area contributed by atoms with E-state index in [-0.39, 0.29) is 0 Å². The number of nitrogens with zero attached hydrogens (tertiary/aromatic N) is 1. The van der Waals surface area contributed by atoms with E-state index in [0.29, 0.717) is 5.89 Å². The summed E-state index contributed by atoms with van der Waals surface area (Å²) in [7, 11) is 0. The monoisotopic (exact) mass is 421 g/mol. The van der Waals surface area contributed by atoms with Crippen LogP contribution in [0.4, 0.5) is 0 Å². The maximum absolute atomic E-state index is 6.14. The quantitative estimate of drug-likeness (QED) is 0.236. The molecule has 0 aliphatic heterocycles. The van der Waals surface area contributed by atoms with Crippen molar-refractivity contribution in [3.63, 3.8) is 0 Å². The summed E-state index contributed by atoms with van der Waals surface area (Å²) in [5, 5.41) is 2.24. The summed E-state index contributed by atoms with van der Waals surface area (Å²) in [6, 6.07) is 29.0. The number of aromatic nitrogens is 1. The molecular weight excluding hydrogens is 394 g/mol. The van der Waals surface area contributed by atoms with E-state index in [1.807, 2.05) is 36.4 Å². The molecule has 0 bridgehead atoms. The van der Waals surface area contributed by atoms with Crippen LogP contribution >= 0.6 is 0 Å². The van der Waals surface area contributed by atoms with Crippen LogP contribution in [0.5, 0.6) is 5.75 Å². The fraction of sp³-hybridized carbons (Fsp3) is 0.207. The van der Waals surface area contributed by atoms with Crippen molar-refractivity contribution in [1.82, 2.24) is 4.98 Å². The molecule has 3 nitrogen and oxygen atoms in total. The molecule has 3 heteroatoms. The Hall–Kier alpha value is -3.59. The molecule has 1 heterocycles. The predicted octanol–water partition coefficient (Wildman–Crippen LogP) is 8.27. The lowest BCUT2D eigenvalue weighted by atomic mass is 10.0. The van der Waals surface area contributed by atoms with E-state index in [2.05, 4.69) is 55.5 Å². The van der Waals surface area contributed by atoms with Crippen molar-refractivity contribution in [1.29, 1.82) is 0 Å². The minimum Gasteiger partial charge on any atom is -0.494 e. The van der Waals surface area contributed by atoms with Crippen LogP contribution in [-0.2, 0) is 0 Å². The van der Waals surface area contributed by atoms with Crippen molar-refractivity contribution in [2.24, 2.45) is 0 Å². The molecule has 1 aromatic heterocycles. The van der Waals surface area contributed by atoms with Gasteiger partial charge in [0.15, 0.2) is 5.58 Å². The summed E-state index contributed by atoms with van der Waals surface area (Å²) >= 11 is 0. The van der Waals surface area contributed by atoms with Gasteiger partial charge in [-0.25, -0.2) is 4.98 Å². The van der Waals surface area contributed by atoms with Gasteiger partial charge in [-0.2, -0.15) is 0 Å². The topological polar surface area (TPSA) is 35.3 Å². The summed E-state index contributed by atoms with van der Waals surface area (Å²) < 4.78 is 12.1. The zero-order valence-corrected chi connectivity index (χ0v) is 18.4. The first-order valence-electron chi connectivity index (χ1n) is 11.4. The van der Waals surface area contributed by atoms with Gasteiger partial charge in [0, 0.05) is 5.56 Å². The molecule has 5 aromatic rings. The Balaban J connectivity index is 1.43. The number of rotatable bonds is 8. The van der Waals surface area contributed by atoms with Gasteiger partial charge in [-0.15, -0.1) is 0 Å². The van der Waals surface area contributed by atoms with E-state index >= 15 is 0 Å². The van der Waals surface area contributed by atoms with Crippen LogP contribution in [-0.4, -0.2) is 11.6 Å². The van der Waals surface area contributed by atoms with Gasteiger partial charge in [-0.1, -0.05) is 74.7 Å². The van der Waals surface area contributed by atoms with Crippen LogP contribution in [0.3, 0.4) is 0 Å². The van der Waals surface area contributed by atoms with E-state index in [1.165, 1.54) is 24.8 Å². The Kier molecular flexibility index (Phi) is 5.89. The zero-order chi connectivity index (χ0) is 21.8. The number of ether oxygens (including phenoxy) is 1. The molecule has 0 radical (unpaired) electrons. The first-order chi connectivity index (χ1) is 15.8. The summed E-state index contributed by atoms with van der Waals surface area (Å²) in [5.74, 6) is 1.56. The molecule has 0 atom stereocenters. The molecule has 32 heavy (non-hydrogen) atoms. The summed E-state index contributed by atoms with van der Waals surface area (Å²) in [4.78, 5) is 4.82. The molecule has 160 valence electrons. The fourth-order valence-corrected chi connectivity index (χ4v) is 4.11. The lowest BCUT2D eigenvalue weighted by Gasteiger charge is -2.08. The second-order valence-corrected chi connectivity index (χ2v) is 8.17. The molecule has 4 aromatic carbocycles. The van der Waals surface area contributed by atoms with Crippen molar-refractivity contribution in [2.45, 2.75) is 32.6 Å². The second kappa shape index (κ2) is 9.27. The third-order valence-electron chi connectivity index (χ3n) is 5.84. The standard InChI is InChI=1S/C29H27NO2/c1-2-3-4-8-18-31-24-15-16-25-23(19-24)12-9-13-26(25)29-30-27-20-22(14-17-28(27)32-29)21-10-6-5-7-11-21/h5-7,9-17,19-20H,2-4,8,18H2,1H3. The van der Waals surface area contributed by atoms with Gasteiger partial charge >= 0.3 is 0 Å². The fourth-order valence-electron chi connectivity index (χ4n) is 4.11. The smallest absolute Gasteiger partial charge is 0.227 e. The first-order valence-corrected chi connectivity index (χ1v) is 11.4. The highest BCUT2D eigenvalue weighted by atomic mass is 16.5. The maximum Gasteiger partial charge on any atom is 0.227 e. The SMILES string of the molecule is CCCCCCOc1ccc2c(-c3nc4cc(-c5ccccc5)ccc4o3)cccc2c1. The third-order valence-corrected chi connectivity index (χ3v) is 5.84. The van der Waals surface area contributed by atoms with Crippen LogP contribution < -0.4 is 4.74 Å². The van der Waals surface area contributed by atoms with Crippen LogP contribution in [0.25, 0.3) is 44.5 Å². The van der Waals surface area contributed by atoms with Gasteiger partial charge in [0.1, 0.15) is 11.3 Å². The first kappa shape index (κ1) is 20.3. The Bertz CT molecular complexity index is 1340. The van der Waals surface area contributed by atoms with Crippen molar-refractivity contribution in [3.05, 3.63) is 84.9 Å². The summed E-state index contributed by atoms with van der Waals surface area (Å²) in [6.45, 7) is 2.99. The van der Waals surface area contributed by atoms with Gasteiger partial charge in [-0.05, 0) is 64.7 Å². The van der Waals surface area contributed by atoms with E-state index in [4.69, 9.17) is 14.1 Å². The van der Waals surface area contributed by atoms with Gasteiger partial charge in [0.25, 0.3) is 0 Å². The average Bonchev–Trinajstić information content (AvgIpc) is 3.27. The van der Waals surface area contributed by atoms with E-state index in [1.54, 1.807) is 0 Å². The van der Waals surface area contributed by atoms with Gasteiger partial charge in [0.2, 0.25) is 5.89 Å². The molecule has 5 rings (SSSR count). The lowest BCUT2D eigenvalue weighted by Crippen LogP contribution is -1.97. The largest absolute Gasteiger partial charge is 0.494 e. The molecule has 0 saturated carbocycles. The summed E-state index contributed by atoms with van der Waals surface area (Å²) in [5.41, 5.74) is 4.96. The molecule has 0 saturated heterocycles. The molecule has 0 unspecified atom stereocenters. The Labute approximate surface area is 188 Å². The van der Waals surface area contributed by atoms with Crippen LogP contribution in [0, 0.1) is 0 Å². The molecule has 0 aliphatic carbocycles. The van der Waals surface area contributed by atoms with Crippen molar-refractivity contribution >= 4 is 21.9 Å². The molecule has 0 N–H and O–H groups in total. The minimum atomic E-state index is 0.643. The molecule has 0 fully saturated rings. The van der Waals surface area contributed by atoms with Crippen LogP contribution in [0.15, 0.2) is 89.3 Å². The third kappa shape index (κ3) is 4.24. The van der Waals surface area contributed by atoms with E-state index < -0.39 is 0 Å². The van der Waals surface area contributed by atoms with Crippen molar-refractivity contribution < 1.29 is 9.15 Å². The van der Waals surface area contributed by atoms with Gasteiger partial charge < -0.3 is 9.15 Å². The van der Waals surface area contributed by atoms with E-state index in [9.17, 15) is 0 Å². The van der Waals surface area contributed by atoms with E-state index in [0.717, 1.165) is 51.8 Å². The molecule has 0 aliphatic rings. The molecule has 0 spiro atoms. The van der Waals surface area contributed by atoms with Crippen molar-refractivity contribution in [2.75, 3.05) is 6.61 Å². The summed E-state index contributed by atoms with van der Waals surface area (Å²) in [6.07, 6.45) is 4.82. The van der Waals surface area contributed by atoms with Gasteiger partial charge in [0.05, 0.1) is 6.61 Å². The molecular formula is C29H27NO2. The maximum atomic E-state index is 6.14. The Morgan fingerprint density at radius 1 is 0.781 bits per heavy atom. The highest BCUT2D eigenvalue weighted by molar-refractivity contribution is 5.96. The van der Waals surface area contributed by atoms with Crippen LogP contribution in [0.1, 0.15) is 32.6 Å². The normalized spacial score (nSPS) is 11.3. The van der Waals surface area contributed by atoms with Crippen molar-refractivity contribution in [3.8, 4) is 28.3 Å². The average molecular weight is 422 g/mol. The minimum absolute atomic E-state index is 0.643. The number of benzene rings is 4. The number of oxazole rings is 1.